The maximum Gasteiger partial charge on any atom is 0.125 e. The van der Waals surface area contributed by atoms with Gasteiger partial charge in [-0.1, -0.05) is 6.07 Å². The van der Waals surface area contributed by atoms with Gasteiger partial charge in [-0.05, 0) is 31.0 Å². The smallest absolute Gasteiger partial charge is 0.125 e. The number of hydrogen-bond donors (Lipinski definition) is 1. The van der Waals surface area contributed by atoms with E-state index in [9.17, 15) is 4.39 Å². The second kappa shape index (κ2) is 2.22. The van der Waals surface area contributed by atoms with Crippen LogP contribution >= 0.6 is 0 Å². The van der Waals surface area contributed by atoms with Gasteiger partial charge in [-0.3, -0.25) is 0 Å². The van der Waals surface area contributed by atoms with E-state index in [2.05, 4.69) is 12.2 Å². The molecular weight excluding hydrogens is 141 g/mol. The Morgan fingerprint density at radius 2 is 2.36 bits per heavy atom. The summed E-state index contributed by atoms with van der Waals surface area (Å²) < 4.78 is 12.6. The van der Waals surface area contributed by atoms with Crippen LogP contribution in [0.2, 0.25) is 0 Å². The molecule has 1 heterocycles. The Labute approximate surface area is 65.2 Å². The van der Waals surface area contributed by atoms with Gasteiger partial charge in [0.05, 0.1) is 0 Å². The highest BCUT2D eigenvalue weighted by Gasteiger charge is 2.15. The molecule has 11 heavy (non-hydrogen) atoms. The first-order valence-corrected chi connectivity index (χ1v) is 3.80. The van der Waals surface area contributed by atoms with Crippen LogP contribution in [0.25, 0.3) is 0 Å². The fourth-order valence-electron chi connectivity index (χ4n) is 1.51. The van der Waals surface area contributed by atoms with E-state index in [1.807, 2.05) is 6.07 Å². The Morgan fingerprint density at radius 3 is 3.18 bits per heavy atom. The number of halogens is 1. The summed E-state index contributed by atoms with van der Waals surface area (Å²) in [5.41, 5.74) is 2.18. The zero-order valence-electron chi connectivity index (χ0n) is 6.39. The van der Waals surface area contributed by atoms with Crippen LogP contribution in [-0.2, 0) is 6.42 Å². The van der Waals surface area contributed by atoms with Gasteiger partial charge < -0.3 is 5.32 Å². The minimum atomic E-state index is -0.162. The summed E-state index contributed by atoms with van der Waals surface area (Å²) in [5.74, 6) is -0.162. The van der Waals surface area contributed by atoms with Crippen LogP contribution in [0.4, 0.5) is 10.1 Å². The van der Waals surface area contributed by atoms with Crippen LogP contribution in [0.3, 0.4) is 0 Å². The first-order valence-electron chi connectivity index (χ1n) is 3.80. The molecule has 0 saturated heterocycles. The van der Waals surface area contributed by atoms with Gasteiger partial charge in [-0.2, -0.15) is 0 Å². The van der Waals surface area contributed by atoms with Gasteiger partial charge in [-0.15, -0.1) is 0 Å². The van der Waals surface area contributed by atoms with Crippen LogP contribution in [0.15, 0.2) is 18.2 Å². The average molecular weight is 151 g/mol. The third kappa shape index (κ3) is 1.09. The quantitative estimate of drug-likeness (QED) is 0.599. The zero-order chi connectivity index (χ0) is 7.84. The molecule has 58 valence electrons. The van der Waals surface area contributed by atoms with Gasteiger partial charge in [0.1, 0.15) is 5.82 Å². The number of benzene rings is 1. The van der Waals surface area contributed by atoms with Crippen LogP contribution in [0.5, 0.6) is 0 Å². The van der Waals surface area contributed by atoms with Crippen LogP contribution in [0.1, 0.15) is 12.5 Å². The highest BCUT2D eigenvalue weighted by atomic mass is 19.1. The van der Waals surface area contributed by atoms with E-state index in [0.717, 1.165) is 12.1 Å². The Morgan fingerprint density at radius 1 is 1.55 bits per heavy atom. The highest BCUT2D eigenvalue weighted by Crippen LogP contribution is 2.25. The molecule has 2 heteroatoms. The molecule has 1 nitrogen and oxygen atoms in total. The van der Waals surface area contributed by atoms with Crippen molar-refractivity contribution in [2.24, 2.45) is 0 Å². The zero-order valence-corrected chi connectivity index (χ0v) is 6.39. The van der Waals surface area contributed by atoms with Crippen molar-refractivity contribution in [1.82, 2.24) is 0 Å². The van der Waals surface area contributed by atoms with Crippen molar-refractivity contribution in [2.75, 3.05) is 5.32 Å². The fourth-order valence-corrected chi connectivity index (χ4v) is 1.51. The lowest BCUT2D eigenvalue weighted by Gasteiger charge is -2.01. The molecule has 1 atom stereocenters. The molecule has 0 saturated carbocycles. The third-order valence-corrected chi connectivity index (χ3v) is 2.00. The van der Waals surface area contributed by atoms with Crippen LogP contribution in [-0.4, -0.2) is 6.04 Å². The van der Waals surface area contributed by atoms with Gasteiger partial charge in [0.15, 0.2) is 0 Å². The van der Waals surface area contributed by atoms with Gasteiger partial charge >= 0.3 is 0 Å². The fraction of sp³-hybridized carbons (Fsp3) is 0.333. The first kappa shape index (κ1) is 6.65. The van der Waals surface area contributed by atoms with Gasteiger partial charge in [0, 0.05) is 11.7 Å². The van der Waals surface area contributed by atoms with Crippen molar-refractivity contribution >= 4 is 5.69 Å². The molecule has 0 bridgehead atoms. The standard InChI is InChI=1S/C9H10FN/c1-6-4-7-2-3-8(10)5-9(7)11-6/h2-3,5-6,11H,4H2,1H3. The van der Waals surface area contributed by atoms with E-state index >= 15 is 0 Å². The Kier molecular flexibility index (Phi) is 1.34. The van der Waals surface area contributed by atoms with Crippen LogP contribution in [0, 0.1) is 5.82 Å². The number of fused-ring (bicyclic) bond motifs is 1. The summed E-state index contributed by atoms with van der Waals surface area (Å²) in [6.45, 7) is 2.10. The summed E-state index contributed by atoms with van der Waals surface area (Å²) in [6, 6.07) is 5.37. The molecule has 0 aromatic heterocycles. The van der Waals surface area contributed by atoms with E-state index in [4.69, 9.17) is 0 Å². The molecule has 2 rings (SSSR count). The predicted molar refractivity (Wildman–Crippen MR) is 43.2 cm³/mol. The number of nitrogens with one attached hydrogen (secondary N) is 1. The molecule has 1 aromatic rings. The summed E-state index contributed by atoms with van der Waals surface area (Å²) in [7, 11) is 0. The van der Waals surface area contributed by atoms with Crippen molar-refractivity contribution in [1.29, 1.82) is 0 Å². The van der Waals surface area contributed by atoms with Crippen molar-refractivity contribution in [3.63, 3.8) is 0 Å². The molecule has 0 radical (unpaired) electrons. The molecule has 0 aliphatic carbocycles. The molecule has 0 amide bonds. The van der Waals surface area contributed by atoms with E-state index in [1.54, 1.807) is 6.07 Å². The lowest BCUT2D eigenvalue weighted by molar-refractivity contribution is 0.628. The largest absolute Gasteiger partial charge is 0.382 e. The number of rotatable bonds is 0. The molecule has 1 unspecified atom stereocenters. The number of hydrogen-bond acceptors (Lipinski definition) is 1. The minimum absolute atomic E-state index is 0.162. The van der Waals surface area contributed by atoms with Gasteiger partial charge in [0.2, 0.25) is 0 Å². The van der Waals surface area contributed by atoms with Crippen molar-refractivity contribution < 1.29 is 4.39 Å². The SMILES string of the molecule is CC1Cc2ccc(F)cc2N1. The Hall–Kier alpha value is -1.05. The Balaban J connectivity index is 2.43. The normalized spacial score (nSPS) is 21.1. The van der Waals surface area contributed by atoms with Gasteiger partial charge in [0.25, 0.3) is 0 Å². The maximum atomic E-state index is 12.6. The van der Waals surface area contributed by atoms with E-state index in [1.165, 1.54) is 11.6 Å². The number of anilines is 1. The van der Waals surface area contributed by atoms with Crippen molar-refractivity contribution in [2.45, 2.75) is 19.4 Å². The van der Waals surface area contributed by atoms with Crippen molar-refractivity contribution in [3.05, 3.63) is 29.6 Å². The summed E-state index contributed by atoms with van der Waals surface area (Å²) in [4.78, 5) is 0. The van der Waals surface area contributed by atoms with E-state index < -0.39 is 0 Å². The predicted octanol–water partition coefficient (Wildman–Crippen LogP) is 2.18. The molecule has 0 fully saturated rings. The lowest BCUT2D eigenvalue weighted by atomic mass is 10.1. The average Bonchev–Trinajstić information content (AvgIpc) is 2.27. The summed E-state index contributed by atoms with van der Waals surface area (Å²) in [6.07, 6.45) is 1.01. The Bertz CT molecular complexity index is 283. The molecule has 0 spiro atoms. The summed E-state index contributed by atoms with van der Waals surface area (Å²) >= 11 is 0. The highest BCUT2D eigenvalue weighted by molar-refractivity contribution is 5.56. The molecular formula is C9H10FN. The first-order chi connectivity index (χ1) is 5.25. The second-order valence-electron chi connectivity index (χ2n) is 3.05. The molecule has 1 aliphatic heterocycles. The topological polar surface area (TPSA) is 12.0 Å². The molecule has 1 N–H and O–H groups in total. The molecule has 1 aromatic carbocycles. The second-order valence-corrected chi connectivity index (χ2v) is 3.05. The minimum Gasteiger partial charge on any atom is -0.382 e. The summed E-state index contributed by atoms with van der Waals surface area (Å²) in [5, 5.41) is 3.20. The van der Waals surface area contributed by atoms with E-state index in [-0.39, 0.29) is 5.82 Å². The van der Waals surface area contributed by atoms with Crippen LogP contribution < -0.4 is 5.32 Å². The van der Waals surface area contributed by atoms with Gasteiger partial charge in [-0.25, -0.2) is 4.39 Å². The monoisotopic (exact) mass is 151 g/mol. The third-order valence-electron chi connectivity index (χ3n) is 2.00. The lowest BCUT2D eigenvalue weighted by Crippen LogP contribution is -2.08. The van der Waals surface area contributed by atoms with E-state index in [0.29, 0.717) is 6.04 Å². The van der Waals surface area contributed by atoms with Crippen molar-refractivity contribution in [3.8, 4) is 0 Å². The maximum absolute atomic E-state index is 12.6. The molecule has 1 aliphatic rings.